The minimum Gasteiger partial charge on any atom is -0.491 e. The van der Waals surface area contributed by atoms with Gasteiger partial charge in [-0.05, 0) is 42.5 Å². The topological polar surface area (TPSA) is 35.9 Å². The number of hydrogen-bond donors (Lipinski definition) is 1. The Hall–Kier alpha value is -2.03. The first-order valence-electron chi connectivity index (χ1n) is 9.02. The fourth-order valence-electron chi connectivity index (χ4n) is 3.14. The minimum absolute atomic E-state index is 0. The molecule has 29 heavy (non-hydrogen) atoms. The first-order chi connectivity index (χ1) is 13.3. The van der Waals surface area contributed by atoms with Gasteiger partial charge in [0, 0.05) is 38.4 Å². The lowest BCUT2D eigenvalue weighted by Crippen LogP contribution is -2.49. The molecule has 3 rings (SSSR count). The van der Waals surface area contributed by atoms with E-state index in [0.29, 0.717) is 44.2 Å². The molecule has 0 aliphatic carbocycles. The van der Waals surface area contributed by atoms with Crippen molar-refractivity contribution in [2.24, 2.45) is 0 Å². The summed E-state index contributed by atoms with van der Waals surface area (Å²) in [5, 5.41) is 10.1. The highest BCUT2D eigenvalue weighted by Gasteiger charge is 2.31. The standard InChI is InChI=1S/C20H22F4N2O2.ClH/c21-16-4-6-19(7-5-16)28-14-18(27)13-25-8-10-26(11-9-25)17-3-1-2-15(12-17)20(22,23)24;/h1-7,12,18,27H,8-11,13-14H2;1H. The smallest absolute Gasteiger partial charge is 0.416 e. The molecule has 0 radical (unpaired) electrons. The van der Waals surface area contributed by atoms with Crippen LogP contribution in [0.15, 0.2) is 48.5 Å². The third kappa shape index (κ3) is 6.76. The fourth-order valence-corrected chi connectivity index (χ4v) is 3.14. The molecule has 160 valence electrons. The molecule has 1 heterocycles. The Morgan fingerprint density at radius 1 is 1.00 bits per heavy atom. The van der Waals surface area contributed by atoms with E-state index >= 15 is 0 Å². The molecule has 4 nitrogen and oxygen atoms in total. The van der Waals surface area contributed by atoms with Gasteiger partial charge in [0.1, 0.15) is 24.3 Å². The van der Waals surface area contributed by atoms with Gasteiger partial charge in [0.05, 0.1) is 5.56 Å². The second-order valence-electron chi connectivity index (χ2n) is 6.75. The van der Waals surface area contributed by atoms with E-state index in [1.807, 2.05) is 9.80 Å². The van der Waals surface area contributed by atoms with Crippen LogP contribution >= 0.6 is 12.4 Å². The maximum Gasteiger partial charge on any atom is 0.416 e. The molecule has 1 fully saturated rings. The second kappa shape index (κ2) is 10.1. The number of rotatable bonds is 6. The van der Waals surface area contributed by atoms with Crippen molar-refractivity contribution in [2.75, 3.05) is 44.2 Å². The summed E-state index contributed by atoms with van der Waals surface area (Å²) < 4.78 is 56.9. The van der Waals surface area contributed by atoms with Crippen molar-refractivity contribution in [1.82, 2.24) is 4.90 Å². The quantitative estimate of drug-likeness (QED) is 0.701. The van der Waals surface area contributed by atoms with Crippen LogP contribution in [0.1, 0.15) is 5.56 Å². The molecule has 2 aromatic carbocycles. The monoisotopic (exact) mass is 434 g/mol. The average Bonchev–Trinajstić information content (AvgIpc) is 2.68. The van der Waals surface area contributed by atoms with Crippen molar-refractivity contribution in [3.05, 3.63) is 59.9 Å². The van der Waals surface area contributed by atoms with Crippen molar-refractivity contribution in [3.63, 3.8) is 0 Å². The summed E-state index contributed by atoms with van der Waals surface area (Å²) in [7, 11) is 0. The number of nitrogens with zero attached hydrogens (tertiary/aromatic N) is 2. The van der Waals surface area contributed by atoms with Crippen LogP contribution in [-0.2, 0) is 6.18 Å². The average molecular weight is 435 g/mol. The van der Waals surface area contributed by atoms with Gasteiger partial charge in [-0.2, -0.15) is 13.2 Å². The molecule has 1 saturated heterocycles. The van der Waals surface area contributed by atoms with E-state index in [9.17, 15) is 22.7 Å². The second-order valence-corrected chi connectivity index (χ2v) is 6.75. The zero-order valence-corrected chi connectivity index (χ0v) is 16.4. The molecule has 1 unspecified atom stereocenters. The zero-order valence-electron chi connectivity index (χ0n) is 15.6. The van der Waals surface area contributed by atoms with Gasteiger partial charge in [-0.1, -0.05) is 6.07 Å². The number of alkyl halides is 3. The summed E-state index contributed by atoms with van der Waals surface area (Å²) in [6.45, 7) is 2.89. The van der Waals surface area contributed by atoms with Crippen molar-refractivity contribution in [1.29, 1.82) is 0 Å². The number of piperazine rings is 1. The number of aliphatic hydroxyl groups excluding tert-OH is 1. The highest BCUT2D eigenvalue weighted by molar-refractivity contribution is 5.85. The lowest BCUT2D eigenvalue weighted by Gasteiger charge is -2.37. The summed E-state index contributed by atoms with van der Waals surface area (Å²) in [6, 6.07) is 10.9. The van der Waals surface area contributed by atoms with Gasteiger partial charge in [0.15, 0.2) is 0 Å². The van der Waals surface area contributed by atoms with Crippen LogP contribution in [0.3, 0.4) is 0 Å². The summed E-state index contributed by atoms with van der Waals surface area (Å²) in [6.07, 6.45) is -5.07. The SMILES string of the molecule is Cl.OC(COc1ccc(F)cc1)CN1CCN(c2cccc(C(F)(F)F)c2)CC1. The molecule has 1 aliphatic heterocycles. The van der Waals surface area contributed by atoms with Crippen molar-refractivity contribution < 1.29 is 27.4 Å². The molecule has 0 spiro atoms. The van der Waals surface area contributed by atoms with E-state index in [4.69, 9.17) is 4.74 Å². The first kappa shape index (κ1) is 23.3. The summed E-state index contributed by atoms with van der Waals surface area (Å²) in [5.74, 6) is 0.126. The number of β-amino-alcohol motifs (C(OH)–C–C–N with tert-alkyl or cyclic N) is 1. The van der Waals surface area contributed by atoms with E-state index in [-0.39, 0.29) is 24.8 Å². The minimum atomic E-state index is -4.35. The van der Waals surface area contributed by atoms with Crippen LogP contribution in [0.2, 0.25) is 0 Å². The number of aliphatic hydroxyl groups is 1. The van der Waals surface area contributed by atoms with E-state index < -0.39 is 17.8 Å². The first-order valence-corrected chi connectivity index (χ1v) is 9.02. The Balaban J connectivity index is 0.00000300. The Kier molecular flexibility index (Phi) is 8.13. The largest absolute Gasteiger partial charge is 0.491 e. The normalized spacial score (nSPS) is 16.2. The fraction of sp³-hybridized carbons (Fsp3) is 0.400. The summed E-state index contributed by atoms with van der Waals surface area (Å²) in [4.78, 5) is 3.95. The Labute approximate surface area is 173 Å². The highest BCUT2D eigenvalue weighted by atomic mass is 35.5. The Morgan fingerprint density at radius 2 is 1.66 bits per heavy atom. The van der Waals surface area contributed by atoms with Crippen LogP contribution in [0.5, 0.6) is 5.75 Å². The van der Waals surface area contributed by atoms with Gasteiger partial charge in [0.25, 0.3) is 0 Å². The third-order valence-corrected chi connectivity index (χ3v) is 4.64. The number of anilines is 1. The van der Waals surface area contributed by atoms with Crippen LogP contribution in [0.25, 0.3) is 0 Å². The molecule has 1 N–H and O–H groups in total. The van der Waals surface area contributed by atoms with Crippen LogP contribution in [0.4, 0.5) is 23.2 Å². The van der Waals surface area contributed by atoms with Crippen LogP contribution in [0, 0.1) is 5.82 Å². The van der Waals surface area contributed by atoms with E-state index in [0.717, 1.165) is 6.07 Å². The Bertz CT molecular complexity index is 766. The molecule has 2 aromatic rings. The van der Waals surface area contributed by atoms with Gasteiger partial charge < -0.3 is 14.7 Å². The van der Waals surface area contributed by atoms with Gasteiger partial charge in [0.2, 0.25) is 0 Å². The number of ether oxygens (including phenoxy) is 1. The number of halogens is 5. The van der Waals surface area contributed by atoms with Crippen molar-refractivity contribution >= 4 is 18.1 Å². The molecular formula is C20H23ClF4N2O2. The maximum atomic E-state index is 12.9. The molecule has 0 amide bonds. The van der Waals surface area contributed by atoms with E-state index in [1.54, 1.807) is 6.07 Å². The number of benzene rings is 2. The van der Waals surface area contributed by atoms with Crippen LogP contribution in [-0.4, -0.2) is 55.4 Å². The molecular weight excluding hydrogens is 412 g/mol. The van der Waals surface area contributed by atoms with Crippen LogP contribution < -0.4 is 9.64 Å². The molecule has 1 aliphatic rings. The predicted octanol–water partition coefficient (Wildman–Crippen LogP) is 3.83. The Morgan fingerprint density at radius 3 is 2.28 bits per heavy atom. The zero-order chi connectivity index (χ0) is 20.1. The van der Waals surface area contributed by atoms with Gasteiger partial charge in [-0.15, -0.1) is 12.4 Å². The van der Waals surface area contributed by atoms with E-state index in [1.165, 1.54) is 36.4 Å². The highest BCUT2D eigenvalue weighted by Crippen LogP contribution is 2.31. The summed E-state index contributed by atoms with van der Waals surface area (Å²) in [5.41, 5.74) is -0.101. The van der Waals surface area contributed by atoms with E-state index in [2.05, 4.69) is 0 Å². The summed E-state index contributed by atoms with van der Waals surface area (Å²) >= 11 is 0. The molecule has 0 saturated carbocycles. The van der Waals surface area contributed by atoms with Gasteiger partial charge in [-0.25, -0.2) is 4.39 Å². The van der Waals surface area contributed by atoms with Gasteiger partial charge in [-0.3, -0.25) is 4.90 Å². The third-order valence-electron chi connectivity index (χ3n) is 4.64. The van der Waals surface area contributed by atoms with Gasteiger partial charge >= 0.3 is 6.18 Å². The lowest BCUT2D eigenvalue weighted by atomic mass is 10.1. The maximum absolute atomic E-state index is 12.9. The van der Waals surface area contributed by atoms with Crippen molar-refractivity contribution in [2.45, 2.75) is 12.3 Å². The molecule has 0 aromatic heterocycles. The molecule has 9 heteroatoms. The predicted molar refractivity (Wildman–Crippen MR) is 105 cm³/mol. The molecule has 1 atom stereocenters. The molecule has 0 bridgehead atoms. The number of hydrogen-bond acceptors (Lipinski definition) is 4. The lowest BCUT2D eigenvalue weighted by molar-refractivity contribution is -0.137. The van der Waals surface area contributed by atoms with Crippen molar-refractivity contribution in [3.8, 4) is 5.75 Å².